The lowest BCUT2D eigenvalue weighted by Gasteiger charge is -2.21. The number of likely N-dealkylation sites (tertiary alicyclic amines) is 1. The first-order valence-electron chi connectivity index (χ1n) is 12.5. The van der Waals surface area contributed by atoms with Gasteiger partial charge in [-0.15, -0.1) is 0 Å². The van der Waals surface area contributed by atoms with Crippen molar-refractivity contribution in [3.05, 3.63) is 41.4 Å². The quantitative estimate of drug-likeness (QED) is 0.394. The number of halogens is 3. The number of carbonyl (C=O) groups is 3. The maximum absolute atomic E-state index is 13.6. The summed E-state index contributed by atoms with van der Waals surface area (Å²) in [4.78, 5) is 47.0. The smallest absolute Gasteiger partial charge is 0.433 e. The summed E-state index contributed by atoms with van der Waals surface area (Å²) in [6.45, 7) is 1.49. The fourth-order valence-corrected chi connectivity index (χ4v) is 4.81. The average Bonchev–Trinajstić information content (AvgIpc) is 3.52. The summed E-state index contributed by atoms with van der Waals surface area (Å²) >= 11 is 0. The van der Waals surface area contributed by atoms with Crippen LogP contribution in [0, 0.1) is 5.92 Å². The average molecular weight is 562 g/mol. The van der Waals surface area contributed by atoms with E-state index in [0.717, 1.165) is 23.8 Å². The summed E-state index contributed by atoms with van der Waals surface area (Å²) in [5.41, 5.74) is 4.85. The molecule has 1 saturated heterocycles. The third-order valence-electron chi connectivity index (χ3n) is 6.97. The van der Waals surface area contributed by atoms with E-state index in [0.29, 0.717) is 0 Å². The molecule has 3 heterocycles. The second kappa shape index (κ2) is 10.1. The normalized spacial score (nSPS) is 20.0. The first kappa shape index (κ1) is 27.4. The first-order valence-corrected chi connectivity index (χ1v) is 12.5. The van der Waals surface area contributed by atoms with Gasteiger partial charge < -0.3 is 30.2 Å². The second-order valence-corrected chi connectivity index (χ2v) is 9.95. The van der Waals surface area contributed by atoms with Gasteiger partial charge in [0.05, 0.1) is 13.2 Å². The number of amides is 2. The minimum absolute atomic E-state index is 0.0219. The van der Waals surface area contributed by atoms with Crippen molar-refractivity contribution in [1.82, 2.24) is 20.2 Å². The van der Waals surface area contributed by atoms with Crippen LogP contribution in [0.15, 0.2) is 28.7 Å². The Morgan fingerprint density at radius 2 is 1.93 bits per heavy atom. The highest BCUT2D eigenvalue weighted by Crippen LogP contribution is 2.38. The zero-order valence-electron chi connectivity index (χ0n) is 21.5. The number of oxazole rings is 1. The number of pyridine rings is 1. The van der Waals surface area contributed by atoms with Crippen LogP contribution < -0.4 is 15.8 Å². The van der Waals surface area contributed by atoms with E-state index in [2.05, 4.69) is 15.3 Å². The maximum atomic E-state index is 13.6. The molecule has 2 fully saturated rings. The van der Waals surface area contributed by atoms with Crippen molar-refractivity contribution >= 4 is 28.7 Å². The minimum atomic E-state index is -4.69. The van der Waals surface area contributed by atoms with Crippen LogP contribution >= 0.6 is 0 Å². The number of nitrogens with one attached hydrogen (secondary N) is 1. The summed E-state index contributed by atoms with van der Waals surface area (Å²) in [6.07, 6.45) is -3.12. The molecule has 0 radical (unpaired) electrons. The van der Waals surface area contributed by atoms with Crippen molar-refractivity contribution in [2.24, 2.45) is 11.7 Å². The van der Waals surface area contributed by atoms with Gasteiger partial charge in [-0.05, 0) is 44.0 Å². The lowest BCUT2D eigenvalue weighted by Crippen LogP contribution is -2.42. The molecular formula is C26H26F3N5O6. The summed E-state index contributed by atoms with van der Waals surface area (Å²) in [6, 6.07) is 2.30. The zero-order valence-corrected chi connectivity index (χ0v) is 21.5. The van der Waals surface area contributed by atoms with Crippen LogP contribution in [0.2, 0.25) is 0 Å². The zero-order chi connectivity index (χ0) is 28.9. The van der Waals surface area contributed by atoms with Crippen LogP contribution in [0.25, 0.3) is 22.4 Å². The molecule has 1 aromatic carbocycles. The van der Waals surface area contributed by atoms with E-state index in [-0.39, 0.29) is 64.4 Å². The Morgan fingerprint density at radius 1 is 1.20 bits per heavy atom. The van der Waals surface area contributed by atoms with E-state index in [9.17, 15) is 32.7 Å². The van der Waals surface area contributed by atoms with Gasteiger partial charge in [0.1, 0.15) is 23.0 Å². The second-order valence-electron chi connectivity index (χ2n) is 9.95. The number of nitrogens with two attached hydrogens (primary N) is 1. The van der Waals surface area contributed by atoms with Gasteiger partial charge in [0.2, 0.25) is 11.8 Å². The number of carboxylic acids is 1. The molecule has 2 aliphatic rings. The first-order chi connectivity index (χ1) is 18.9. The molecule has 4 N–H and O–H groups in total. The topological polar surface area (TPSA) is 161 Å². The monoisotopic (exact) mass is 561 g/mol. The number of methoxy groups -OCH3 is 1. The lowest BCUT2D eigenvalue weighted by atomic mass is 10.1. The SMILES string of the molecule is COc1ccc(-c2nc(C(=O)N3C[C@H](NC(=O)C4CC4)C[C@H]3C(=O)O)c([C@H](C)N)o2)c2ccc(C(F)(F)F)nc12. The highest BCUT2D eigenvalue weighted by Gasteiger charge is 2.43. The number of aliphatic carboxylic acids is 1. The van der Waals surface area contributed by atoms with Crippen LogP contribution in [-0.4, -0.2) is 63.5 Å². The van der Waals surface area contributed by atoms with Gasteiger partial charge in [0.15, 0.2) is 11.5 Å². The third kappa shape index (κ3) is 5.06. The van der Waals surface area contributed by atoms with Gasteiger partial charge >= 0.3 is 12.1 Å². The number of nitrogens with zero attached hydrogens (tertiary/aromatic N) is 3. The number of rotatable bonds is 7. The molecule has 0 unspecified atom stereocenters. The highest BCUT2D eigenvalue weighted by molar-refractivity contribution is 5.99. The van der Waals surface area contributed by atoms with Crippen molar-refractivity contribution in [2.75, 3.05) is 13.7 Å². The van der Waals surface area contributed by atoms with Crippen LogP contribution in [0.1, 0.15) is 54.2 Å². The molecule has 1 aliphatic carbocycles. The number of alkyl halides is 3. The molecule has 3 atom stereocenters. The third-order valence-corrected chi connectivity index (χ3v) is 6.97. The van der Waals surface area contributed by atoms with Gasteiger partial charge in [-0.1, -0.05) is 0 Å². The molecule has 40 heavy (non-hydrogen) atoms. The number of carboxylic acid groups (broad SMARTS) is 1. The Kier molecular flexibility index (Phi) is 6.90. The number of carbonyl (C=O) groups excluding carboxylic acids is 2. The van der Waals surface area contributed by atoms with Gasteiger partial charge in [0.25, 0.3) is 5.91 Å². The van der Waals surface area contributed by atoms with E-state index >= 15 is 0 Å². The Labute approximate surface area is 225 Å². The van der Waals surface area contributed by atoms with E-state index < -0.39 is 41.9 Å². The van der Waals surface area contributed by atoms with Crippen molar-refractivity contribution in [1.29, 1.82) is 0 Å². The van der Waals surface area contributed by atoms with Crippen LogP contribution in [-0.2, 0) is 15.8 Å². The van der Waals surface area contributed by atoms with Crippen molar-refractivity contribution in [2.45, 2.75) is 50.5 Å². The van der Waals surface area contributed by atoms with Crippen LogP contribution in [0.5, 0.6) is 5.75 Å². The summed E-state index contributed by atoms with van der Waals surface area (Å²) in [5.74, 6) is -2.31. The number of ether oxygens (including phenoxy) is 1. The van der Waals surface area contributed by atoms with E-state index in [1.807, 2.05) is 0 Å². The number of benzene rings is 1. The molecule has 2 aromatic heterocycles. The van der Waals surface area contributed by atoms with Crippen LogP contribution in [0.3, 0.4) is 0 Å². The van der Waals surface area contributed by atoms with Gasteiger partial charge in [0, 0.05) is 35.9 Å². The standard InChI is InChI=1S/C26H26F3N5O6/c1-11(30)21-20(24(36)34-10-13(9-16(34)25(37)38)31-22(35)12-3-4-12)33-23(40-21)15-5-7-17(39-2)19-14(15)6-8-18(32-19)26(27,28)29/h5-8,11-13,16H,3-4,9-10,30H2,1-2H3,(H,31,35)(H,37,38)/t11-,13+,16-/m0/s1. The Morgan fingerprint density at radius 3 is 2.52 bits per heavy atom. The molecule has 212 valence electrons. The summed E-state index contributed by atoms with van der Waals surface area (Å²) in [7, 11) is 1.29. The summed E-state index contributed by atoms with van der Waals surface area (Å²) in [5, 5.41) is 12.8. The van der Waals surface area contributed by atoms with Gasteiger partial charge in [-0.25, -0.2) is 14.8 Å². The number of aromatic nitrogens is 2. The van der Waals surface area contributed by atoms with Crippen molar-refractivity contribution in [3.8, 4) is 17.2 Å². The molecule has 2 amide bonds. The minimum Gasteiger partial charge on any atom is -0.494 e. The molecule has 0 spiro atoms. The fourth-order valence-electron chi connectivity index (χ4n) is 4.81. The molecule has 11 nitrogen and oxygen atoms in total. The molecule has 3 aromatic rings. The van der Waals surface area contributed by atoms with Gasteiger partial charge in [-0.2, -0.15) is 13.2 Å². The number of fused-ring (bicyclic) bond motifs is 1. The molecule has 14 heteroatoms. The van der Waals surface area contributed by atoms with E-state index in [1.165, 1.54) is 25.3 Å². The van der Waals surface area contributed by atoms with E-state index in [1.54, 1.807) is 6.92 Å². The Hall–Kier alpha value is -4.20. The lowest BCUT2D eigenvalue weighted by molar-refractivity contribution is -0.142. The summed E-state index contributed by atoms with van der Waals surface area (Å²) < 4.78 is 51.0. The Balaban J connectivity index is 1.53. The predicted molar refractivity (Wildman–Crippen MR) is 133 cm³/mol. The number of hydrogen-bond acceptors (Lipinski definition) is 8. The van der Waals surface area contributed by atoms with Crippen molar-refractivity contribution in [3.63, 3.8) is 0 Å². The number of hydrogen-bond donors (Lipinski definition) is 3. The predicted octanol–water partition coefficient (Wildman–Crippen LogP) is 3.13. The largest absolute Gasteiger partial charge is 0.494 e. The molecule has 5 rings (SSSR count). The van der Waals surface area contributed by atoms with Crippen molar-refractivity contribution < 1.29 is 41.8 Å². The maximum Gasteiger partial charge on any atom is 0.433 e. The molecule has 1 saturated carbocycles. The Bertz CT molecular complexity index is 1500. The molecule has 1 aliphatic heterocycles. The highest BCUT2D eigenvalue weighted by atomic mass is 19.4. The van der Waals surface area contributed by atoms with E-state index in [4.69, 9.17) is 14.9 Å². The van der Waals surface area contributed by atoms with Crippen LogP contribution in [0.4, 0.5) is 13.2 Å². The van der Waals surface area contributed by atoms with Gasteiger partial charge in [-0.3, -0.25) is 9.59 Å². The molecule has 0 bridgehead atoms. The molecular weight excluding hydrogens is 535 g/mol. The fraction of sp³-hybridized carbons (Fsp3) is 0.423.